The highest BCUT2D eigenvalue weighted by atomic mass is 16.3. The Bertz CT molecular complexity index is 416. The first-order valence-corrected chi connectivity index (χ1v) is 6.38. The van der Waals surface area contributed by atoms with Crippen LogP contribution in [0.5, 0.6) is 0 Å². The summed E-state index contributed by atoms with van der Waals surface area (Å²) < 4.78 is 0. The van der Waals surface area contributed by atoms with E-state index < -0.39 is 0 Å². The zero-order valence-corrected chi connectivity index (χ0v) is 10.7. The number of nitrogens with zero attached hydrogens (tertiary/aromatic N) is 1. The van der Waals surface area contributed by atoms with Crippen LogP contribution >= 0.6 is 0 Å². The first-order chi connectivity index (χ1) is 8.67. The lowest BCUT2D eigenvalue weighted by molar-refractivity contribution is 0.0648. The van der Waals surface area contributed by atoms with Gasteiger partial charge in [-0.25, -0.2) is 0 Å². The molecule has 2 atom stereocenters. The van der Waals surface area contributed by atoms with Crippen molar-refractivity contribution in [2.24, 2.45) is 11.7 Å². The molecular formula is C14H20N2O2. The summed E-state index contributed by atoms with van der Waals surface area (Å²) >= 11 is 0. The van der Waals surface area contributed by atoms with Gasteiger partial charge in [0.05, 0.1) is 12.6 Å². The molecule has 1 aromatic carbocycles. The van der Waals surface area contributed by atoms with Crippen LogP contribution < -0.4 is 5.73 Å². The summed E-state index contributed by atoms with van der Waals surface area (Å²) in [4.78, 5) is 14.1. The normalized spacial score (nSPS) is 23.4. The van der Waals surface area contributed by atoms with E-state index in [9.17, 15) is 9.90 Å². The third-order valence-electron chi connectivity index (χ3n) is 3.77. The first-order valence-electron chi connectivity index (χ1n) is 6.38. The zero-order chi connectivity index (χ0) is 13.1. The Morgan fingerprint density at radius 3 is 2.67 bits per heavy atom. The van der Waals surface area contributed by atoms with Crippen LogP contribution in [0.25, 0.3) is 0 Å². The van der Waals surface area contributed by atoms with Gasteiger partial charge in [-0.1, -0.05) is 19.1 Å². The molecule has 0 radical (unpaired) electrons. The van der Waals surface area contributed by atoms with Crippen LogP contribution in [0.15, 0.2) is 24.3 Å². The van der Waals surface area contributed by atoms with Gasteiger partial charge in [0.1, 0.15) is 0 Å². The van der Waals surface area contributed by atoms with E-state index in [2.05, 4.69) is 6.92 Å². The molecule has 1 fully saturated rings. The Balaban J connectivity index is 2.15. The van der Waals surface area contributed by atoms with Crippen molar-refractivity contribution >= 4 is 5.91 Å². The lowest BCUT2D eigenvalue weighted by atomic mass is 10.0. The number of nitrogens with two attached hydrogens (primary N) is 1. The van der Waals surface area contributed by atoms with Gasteiger partial charge < -0.3 is 15.7 Å². The number of carbonyl (C=O) groups is 1. The number of carbonyl (C=O) groups excluding carboxylic acids is 1. The number of aliphatic hydroxyl groups excluding tert-OH is 1. The number of rotatable bonds is 3. The van der Waals surface area contributed by atoms with Crippen molar-refractivity contribution < 1.29 is 9.90 Å². The Morgan fingerprint density at radius 1 is 1.44 bits per heavy atom. The SMILES string of the molecule is CC1CCN(C(=O)c2ccc(CN)cc2)C1CO. The number of aliphatic hydroxyl groups is 1. The number of amides is 1. The fourth-order valence-electron chi connectivity index (χ4n) is 2.49. The van der Waals surface area contributed by atoms with Crippen molar-refractivity contribution in [3.8, 4) is 0 Å². The van der Waals surface area contributed by atoms with Crippen molar-refractivity contribution in [1.29, 1.82) is 0 Å². The molecule has 3 N–H and O–H groups in total. The molecule has 0 aromatic heterocycles. The molecule has 1 amide bonds. The molecule has 98 valence electrons. The molecule has 0 saturated carbocycles. The van der Waals surface area contributed by atoms with E-state index in [0.29, 0.717) is 18.0 Å². The molecule has 1 saturated heterocycles. The minimum atomic E-state index is -0.0494. The Hall–Kier alpha value is -1.39. The van der Waals surface area contributed by atoms with Crippen molar-refractivity contribution in [2.75, 3.05) is 13.2 Å². The van der Waals surface area contributed by atoms with Gasteiger partial charge in [-0.3, -0.25) is 4.79 Å². The Kier molecular flexibility index (Phi) is 3.99. The molecular weight excluding hydrogens is 228 g/mol. The maximum atomic E-state index is 12.3. The monoisotopic (exact) mass is 248 g/mol. The van der Waals surface area contributed by atoms with Gasteiger partial charge in [-0.2, -0.15) is 0 Å². The van der Waals surface area contributed by atoms with Gasteiger partial charge in [0.25, 0.3) is 5.91 Å². The molecule has 2 rings (SSSR count). The second-order valence-electron chi connectivity index (χ2n) is 4.92. The molecule has 1 heterocycles. The van der Waals surface area contributed by atoms with Gasteiger partial charge in [0, 0.05) is 18.7 Å². The van der Waals surface area contributed by atoms with Crippen LogP contribution in [-0.2, 0) is 6.54 Å². The highest BCUT2D eigenvalue weighted by Gasteiger charge is 2.34. The number of hydrogen-bond donors (Lipinski definition) is 2. The number of likely N-dealkylation sites (tertiary alicyclic amines) is 1. The van der Waals surface area contributed by atoms with E-state index in [1.165, 1.54) is 0 Å². The van der Waals surface area contributed by atoms with E-state index in [-0.39, 0.29) is 18.6 Å². The molecule has 18 heavy (non-hydrogen) atoms. The second kappa shape index (κ2) is 5.50. The van der Waals surface area contributed by atoms with Gasteiger partial charge in [0.15, 0.2) is 0 Å². The van der Waals surface area contributed by atoms with E-state index in [4.69, 9.17) is 5.73 Å². The summed E-state index contributed by atoms with van der Waals surface area (Å²) in [6, 6.07) is 7.32. The second-order valence-corrected chi connectivity index (χ2v) is 4.92. The van der Waals surface area contributed by atoms with Crippen LogP contribution in [0.1, 0.15) is 29.3 Å². The van der Waals surface area contributed by atoms with E-state index >= 15 is 0 Å². The van der Waals surface area contributed by atoms with Crippen LogP contribution in [0.4, 0.5) is 0 Å². The quantitative estimate of drug-likeness (QED) is 0.838. The van der Waals surface area contributed by atoms with Gasteiger partial charge in [-0.05, 0) is 30.0 Å². The third-order valence-corrected chi connectivity index (χ3v) is 3.77. The van der Waals surface area contributed by atoms with Crippen molar-refractivity contribution in [1.82, 2.24) is 4.90 Å². The van der Waals surface area contributed by atoms with Crippen LogP contribution in [-0.4, -0.2) is 35.1 Å². The average molecular weight is 248 g/mol. The first kappa shape index (κ1) is 13.1. The maximum absolute atomic E-state index is 12.3. The topological polar surface area (TPSA) is 66.6 Å². The predicted octanol–water partition coefficient (Wildman–Crippen LogP) is 0.988. The number of hydrogen-bond acceptors (Lipinski definition) is 3. The number of benzene rings is 1. The summed E-state index contributed by atoms with van der Waals surface area (Å²) in [5.74, 6) is 0.365. The van der Waals surface area contributed by atoms with E-state index in [0.717, 1.165) is 18.5 Å². The van der Waals surface area contributed by atoms with Crippen LogP contribution in [0.3, 0.4) is 0 Å². The Morgan fingerprint density at radius 2 is 2.11 bits per heavy atom. The maximum Gasteiger partial charge on any atom is 0.254 e. The lowest BCUT2D eigenvalue weighted by Gasteiger charge is -2.25. The van der Waals surface area contributed by atoms with Crippen molar-refractivity contribution in [3.05, 3.63) is 35.4 Å². The lowest BCUT2D eigenvalue weighted by Crippen LogP contribution is -2.39. The minimum Gasteiger partial charge on any atom is -0.394 e. The third kappa shape index (κ3) is 2.40. The largest absolute Gasteiger partial charge is 0.394 e. The minimum absolute atomic E-state index is 0.00183. The molecule has 4 nitrogen and oxygen atoms in total. The highest BCUT2D eigenvalue weighted by molar-refractivity contribution is 5.94. The van der Waals surface area contributed by atoms with E-state index in [1.54, 1.807) is 4.90 Å². The molecule has 2 unspecified atom stereocenters. The van der Waals surface area contributed by atoms with Gasteiger partial charge in [-0.15, -0.1) is 0 Å². The summed E-state index contributed by atoms with van der Waals surface area (Å²) in [6.45, 7) is 3.32. The summed E-state index contributed by atoms with van der Waals surface area (Å²) in [5.41, 5.74) is 7.21. The summed E-state index contributed by atoms with van der Waals surface area (Å²) in [7, 11) is 0. The molecule has 1 aliphatic rings. The van der Waals surface area contributed by atoms with E-state index in [1.807, 2.05) is 24.3 Å². The predicted molar refractivity (Wildman–Crippen MR) is 70.0 cm³/mol. The van der Waals surface area contributed by atoms with Crippen molar-refractivity contribution in [2.45, 2.75) is 25.9 Å². The molecule has 0 aliphatic carbocycles. The smallest absolute Gasteiger partial charge is 0.254 e. The highest BCUT2D eigenvalue weighted by Crippen LogP contribution is 2.25. The molecule has 0 spiro atoms. The van der Waals surface area contributed by atoms with Crippen molar-refractivity contribution in [3.63, 3.8) is 0 Å². The van der Waals surface area contributed by atoms with Gasteiger partial charge >= 0.3 is 0 Å². The standard InChI is InChI=1S/C14H20N2O2/c1-10-6-7-16(13(10)9-17)14(18)12-4-2-11(8-15)3-5-12/h2-5,10,13,17H,6-9,15H2,1H3. The van der Waals surface area contributed by atoms with Crippen LogP contribution in [0, 0.1) is 5.92 Å². The molecule has 0 bridgehead atoms. The molecule has 4 heteroatoms. The zero-order valence-electron chi connectivity index (χ0n) is 10.7. The Labute approximate surface area is 107 Å². The average Bonchev–Trinajstić information content (AvgIpc) is 2.79. The molecule has 1 aliphatic heterocycles. The van der Waals surface area contributed by atoms with Crippen LogP contribution in [0.2, 0.25) is 0 Å². The summed E-state index contributed by atoms with van der Waals surface area (Å²) in [6.07, 6.45) is 0.956. The summed E-state index contributed by atoms with van der Waals surface area (Å²) in [5, 5.41) is 9.37. The fraction of sp³-hybridized carbons (Fsp3) is 0.500. The fourth-order valence-corrected chi connectivity index (χ4v) is 2.49. The van der Waals surface area contributed by atoms with Gasteiger partial charge in [0.2, 0.25) is 0 Å². The molecule has 1 aromatic rings.